The number of nitrogens with zero attached hydrogens (tertiary/aromatic N) is 3. The van der Waals surface area contributed by atoms with Crippen LogP contribution in [0.4, 0.5) is 0 Å². The van der Waals surface area contributed by atoms with Crippen LogP contribution in [0.5, 0.6) is 11.5 Å². The van der Waals surface area contributed by atoms with E-state index in [2.05, 4.69) is 5.10 Å². The Morgan fingerprint density at radius 1 is 1.07 bits per heavy atom. The van der Waals surface area contributed by atoms with E-state index in [9.17, 15) is 9.59 Å². The molecule has 4 rings (SSSR count). The Morgan fingerprint density at radius 3 is 2.50 bits per heavy atom. The van der Waals surface area contributed by atoms with Crippen molar-refractivity contribution in [2.75, 3.05) is 19.8 Å². The zero-order valence-electron chi connectivity index (χ0n) is 17.3. The zero-order chi connectivity index (χ0) is 21.1. The second kappa shape index (κ2) is 8.57. The summed E-state index contributed by atoms with van der Waals surface area (Å²) in [6, 6.07) is 11.2. The number of para-hydroxylation sites is 1. The molecule has 0 N–H and O–H groups in total. The maximum absolute atomic E-state index is 13.0. The molecular formula is C23H25N3O4. The minimum Gasteiger partial charge on any atom is -0.490 e. The van der Waals surface area contributed by atoms with Crippen molar-refractivity contribution in [3.63, 3.8) is 0 Å². The Bertz CT molecular complexity index is 1140. The van der Waals surface area contributed by atoms with Gasteiger partial charge < -0.3 is 14.4 Å². The first-order chi connectivity index (χ1) is 14.6. The highest BCUT2D eigenvalue weighted by atomic mass is 16.5. The Kier molecular flexibility index (Phi) is 5.70. The Labute approximate surface area is 174 Å². The molecule has 0 saturated heterocycles. The van der Waals surface area contributed by atoms with Crippen molar-refractivity contribution in [1.29, 1.82) is 0 Å². The van der Waals surface area contributed by atoms with Gasteiger partial charge >= 0.3 is 0 Å². The van der Waals surface area contributed by atoms with E-state index in [4.69, 9.17) is 9.47 Å². The summed E-state index contributed by atoms with van der Waals surface area (Å²) >= 11 is 0. The Morgan fingerprint density at radius 2 is 1.77 bits per heavy atom. The molecule has 1 aliphatic rings. The van der Waals surface area contributed by atoms with E-state index in [0.29, 0.717) is 43.0 Å². The van der Waals surface area contributed by atoms with Crippen molar-refractivity contribution in [2.24, 2.45) is 0 Å². The van der Waals surface area contributed by atoms with Crippen LogP contribution in [-0.4, -0.2) is 40.3 Å². The van der Waals surface area contributed by atoms with Gasteiger partial charge in [-0.3, -0.25) is 14.3 Å². The van der Waals surface area contributed by atoms with Gasteiger partial charge in [0.05, 0.1) is 24.9 Å². The topological polar surface area (TPSA) is 73.7 Å². The molecule has 2 aromatic carbocycles. The van der Waals surface area contributed by atoms with Crippen molar-refractivity contribution in [1.82, 2.24) is 14.7 Å². The number of carbonyl (C=O) groups is 1. The highest BCUT2D eigenvalue weighted by Crippen LogP contribution is 2.34. The third-order valence-electron chi connectivity index (χ3n) is 5.28. The second-order valence-electron chi connectivity index (χ2n) is 7.18. The van der Waals surface area contributed by atoms with E-state index in [1.807, 2.05) is 49.1 Å². The van der Waals surface area contributed by atoms with Crippen LogP contribution >= 0.6 is 0 Å². The van der Waals surface area contributed by atoms with Gasteiger partial charge in [-0.25, -0.2) is 0 Å². The van der Waals surface area contributed by atoms with Gasteiger partial charge in [0.15, 0.2) is 11.5 Å². The van der Waals surface area contributed by atoms with Gasteiger partial charge in [-0.05, 0) is 55.7 Å². The molecule has 2 heterocycles. The lowest BCUT2D eigenvalue weighted by Gasteiger charge is -2.30. The van der Waals surface area contributed by atoms with Crippen LogP contribution in [0.2, 0.25) is 0 Å². The summed E-state index contributed by atoms with van der Waals surface area (Å²) < 4.78 is 13.0. The van der Waals surface area contributed by atoms with Crippen LogP contribution in [0.25, 0.3) is 10.9 Å². The van der Waals surface area contributed by atoms with Gasteiger partial charge in [0.2, 0.25) is 11.3 Å². The van der Waals surface area contributed by atoms with Crippen molar-refractivity contribution in [2.45, 2.75) is 33.4 Å². The zero-order valence-corrected chi connectivity index (χ0v) is 17.3. The first-order valence-corrected chi connectivity index (χ1v) is 10.2. The molecule has 7 heteroatoms. The fourth-order valence-electron chi connectivity index (χ4n) is 3.83. The average Bonchev–Trinajstić information content (AvgIpc) is 2.76. The lowest BCUT2D eigenvalue weighted by Crippen LogP contribution is -2.38. The third-order valence-corrected chi connectivity index (χ3v) is 5.28. The fraction of sp³-hybridized carbons (Fsp3) is 0.348. The molecular weight excluding hydrogens is 382 g/mol. The molecule has 0 aliphatic carbocycles. The van der Waals surface area contributed by atoms with E-state index in [1.165, 1.54) is 11.8 Å². The number of ether oxygens (including phenoxy) is 2. The number of rotatable bonds is 6. The van der Waals surface area contributed by atoms with E-state index in [1.54, 1.807) is 10.7 Å². The van der Waals surface area contributed by atoms with Gasteiger partial charge in [0, 0.05) is 18.5 Å². The lowest BCUT2D eigenvalue weighted by atomic mass is 9.98. The highest BCUT2D eigenvalue weighted by molar-refractivity contribution is 5.81. The quantitative estimate of drug-likeness (QED) is 0.628. The molecule has 1 amide bonds. The largest absolute Gasteiger partial charge is 0.490 e. The monoisotopic (exact) mass is 407 g/mol. The van der Waals surface area contributed by atoms with E-state index < -0.39 is 0 Å². The summed E-state index contributed by atoms with van der Waals surface area (Å²) in [4.78, 5) is 26.9. The average molecular weight is 407 g/mol. The van der Waals surface area contributed by atoms with Crippen LogP contribution in [0, 0.1) is 0 Å². The van der Waals surface area contributed by atoms with Crippen LogP contribution < -0.4 is 14.9 Å². The van der Waals surface area contributed by atoms with Gasteiger partial charge in [0.1, 0.15) is 6.54 Å². The maximum Gasteiger partial charge on any atom is 0.244 e. The van der Waals surface area contributed by atoms with Crippen molar-refractivity contribution >= 4 is 16.8 Å². The summed E-state index contributed by atoms with van der Waals surface area (Å²) in [7, 11) is 0. The molecule has 0 bridgehead atoms. The fourth-order valence-corrected chi connectivity index (χ4v) is 3.83. The number of aromatic nitrogens is 2. The van der Waals surface area contributed by atoms with Gasteiger partial charge in [-0.2, -0.15) is 5.10 Å². The van der Waals surface area contributed by atoms with Crippen LogP contribution in [0.1, 0.15) is 25.0 Å². The first kappa shape index (κ1) is 19.9. The van der Waals surface area contributed by atoms with Gasteiger partial charge in [0.25, 0.3) is 0 Å². The van der Waals surface area contributed by atoms with E-state index in [-0.39, 0.29) is 17.9 Å². The molecule has 0 radical (unpaired) electrons. The number of carbonyl (C=O) groups excluding carboxylic acids is 1. The Balaban J connectivity index is 1.56. The number of hydrogen-bond acceptors (Lipinski definition) is 5. The summed E-state index contributed by atoms with van der Waals surface area (Å²) in [5.74, 6) is 1.43. The molecule has 0 spiro atoms. The third kappa shape index (κ3) is 3.87. The molecule has 30 heavy (non-hydrogen) atoms. The SMILES string of the molecule is CCOc1cc2c(cc1OCC)CN(C(=O)Cn1ncc(=O)c3ccccc31)CC2. The molecule has 0 atom stereocenters. The normalized spacial score (nSPS) is 13.2. The molecule has 0 saturated carbocycles. The van der Waals surface area contributed by atoms with Crippen LogP contribution in [0.15, 0.2) is 47.4 Å². The number of amides is 1. The maximum atomic E-state index is 13.0. The van der Waals surface area contributed by atoms with E-state index >= 15 is 0 Å². The summed E-state index contributed by atoms with van der Waals surface area (Å²) in [6.07, 6.45) is 2.02. The van der Waals surface area contributed by atoms with Crippen molar-refractivity contribution in [3.05, 3.63) is 63.9 Å². The Hall–Kier alpha value is -3.35. The van der Waals surface area contributed by atoms with Gasteiger partial charge in [-0.1, -0.05) is 12.1 Å². The standard InChI is InChI=1S/C23H25N3O4/c1-3-29-21-11-16-9-10-25(14-17(16)12-22(21)30-4-2)23(28)15-26-19-8-6-5-7-18(19)20(27)13-24-26/h5-8,11-13H,3-4,9-10,14-15H2,1-2H3. The molecule has 3 aromatic rings. The summed E-state index contributed by atoms with van der Waals surface area (Å²) in [6.45, 7) is 6.24. The van der Waals surface area contributed by atoms with E-state index in [0.717, 1.165) is 17.7 Å². The number of fused-ring (bicyclic) bond motifs is 2. The predicted octanol–water partition coefficient (Wildman–Crippen LogP) is 2.78. The molecule has 1 aromatic heterocycles. The minimum absolute atomic E-state index is 0.0335. The molecule has 0 fully saturated rings. The lowest BCUT2D eigenvalue weighted by molar-refractivity contribution is -0.132. The van der Waals surface area contributed by atoms with Crippen LogP contribution in [0.3, 0.4) is 0 Å². The van der Waals surface area contributed by atoms with Crippen molar-refractivity contribution < 1.29 is 14.3 Å². The van der Waals surface area contributed by atoms with Gasteiger partial charge in [-0.15, -0.1) is 0 Å². The number of benzene rings is 2. The molecule has 7 nitrogen and oxygen atoms in total. The smallest absolute Gasteiger partial charge is 0.244 e. The highest BCUT2D eigenvalue weighted by Gasteiger charge is 2.23. The first-order valence-electron chi connectivity index (χ1n) is 10.2. The second-order valence-corrected chi connectivity index (χ2v) is 7.18. The summed E-state index contributed by atoms with van der Waals surface area (Å²) in [5, 5.41) is 4.74. The van der Waals surface area contributed by atoms with Crippen LogP contribution in [-0.2, 0) is 24.3 Å². The molecule has 156 valence electrons. The molecule has 1 aliphatic heterocycles. The number of hydrogen-bond donors (Lipinski definition) is 0. The molecule has 0 unspecified atom stereocenters. The predicted molar refractivity (Wildman–Crippen MR) is 114 cm³/mol. The van der Waals surface area contributed by atoms with Crippen molar-refractivity contribution in [3.8, 4) is 11.5 Å². The minimum atomic E-state index is -0.144. The summed E-state index contributed by atoms with van der Waals surface area (Å²) in [5.41, 5.74) is 2.77.